The van der Waals surface area contributed by atoms with Crippen LogP contribution in [0.4, 0.5) is 0 Å². The summed E-state index contributed by atoms with van der Waals surface area (Å²) in [6.45, 7) is 4.07. The van der Waals surface area contributed by atoms with E-state index in [1.165, 1.54) is 27.3 Å². The van der Waals surface area contributed by atoms with Crippen molar-refractivity contribution in [2.75, 3.05) is 7.11 Å². The molecule has 0 aromatic heterocycles. The Morgan fingerprint density at radius 3 is 2.08 bits per heavy atom. The van der Waals surface area contributed by atoms with Crippen molar-refractivity contribution in [1.29, 1.82) is 0 Å². The Hall–Kier alpha value is -3.00. The molecule has 0 aliphatic rings. The van der Waals surface area contributed by atoms with Gasteiger partial charge in [0, 0.05) is 5.39 Å². The summed E-state index contributed by atoms with van der Waals surface area (Å²) in [6.07, 6.45) is 0.0794. The van der Waals surface area contributed by atoms with Crippen LogP contribution in [0.3, 0.4) is 0 Å². The molecule has 0 fully saturated rings. The van der Waals surface area contributed by atoms with E-state index >= 15 is 0 Å². The first kappa shape index (κ1) is 16.5. The van der Waals surface area contributed by atoms with E-state index in [0.717, 1.165) is 16.9 Å². The molecular weight excluding hydrogens is 320 g/mol. The van der Waals surface area contributed by atoms with E-state index in [-0.39, 0.29) is 6.10 Å². The molecular formula is C24H22O2. The van der Waals surface area contributed by atoms with Gasteiger partial charge in [-0.2, -0.15) is 0 Å². The van der Waals surface area contributed by atoms with Crippen molar-refractivity contribution in [2.24, 2.45) is 0 Å². The number of rotatable bonds is 4. The molecule has 0 atom stereocenters. The number of fused-ring (bicyclic) bond motifs is 2. The van der Waals surface area contributed by atoms with Crippen molar-refractivity contribution in [3.05, 3.63) is 72.8 Å². The molecule has 4 aromatic carbocycles. The normalized spacial score (nSPS) is 11.2. The van der Waals surface area contributed by atoms with Gasteiger partial charge in [-0.05, 0) is 53.3 Å². The molecule has 0 saturated carbocycles. The van der Waals surface area contributed by atoms with E-state index in [0.29, 0.717) is 0 Å². The fraction of sp³-hybridized carbons (Fsp3) is 0.167. The molecule has 26 heavy (non-hydrogen) atoms. The Balaban J connectivity index is 2.02. The van der Waals surface area contributed by atoms with Gasteiger partial charge in [0.15, 0.2) is 11.5 Å². The van der Waals surface area contributed by atoms with Crippen molar-refractivity contribution >= 4 is 21.5 Å². The van der Waals surface area contributed by atoms with Crippen molar-refractivity contribution in [2.45, 2.75) is 20.0 Å². The second kappa shape index (κ2) is 6.72. The van der Waals surface area contributed by atoms with Gasteiger partial charge in [-0.1, -0.05) is 60.7 Å². The summed E-state index contributed by atoms with van der Waals surface area (Å²) in [5.41, 5.74) is 2.44. The first-order valence-corrected chi connectivity index (χ1v) is 8.93. The quantitative estimate of drug-likeness (QED) is 0.424. The van der Waals surface area contributed by atoms with E-state index in [1.807, 2.05) is 19.9 Å². The van der Waals surface area contributed by atoms with E-state index in [4.69, 9.17) is 9.47 Å². The first-order chi connectivity index (χ1) is 12.7. The van der Waals surface area contributed by atoms with Crippen LogP contribution in [0, 0.1) is 0 Å². The molecule has 4 rings (SSSR count). The van der Waals surface area contributed by atoms with E-state index in [9.17, 15) is 0 Å². The van der Waals surface area contributed by atoms with Gasteiger partial charge in [0.2, 0.25) is 0 Å². The predicted molar refractivity (Wildman–Crippen MR) is 109 cm³/mol. The van der Waals surface area contributed by atoms with Crippen LogP contribution in [0.2, 0.25) is 0 Å². The van der Waals surface area contributed by atoms with E-state index in [1.54, 1.807) is 7.11 Å². The summed E-state index contributed by atoms with van der Waals surface area (Å²) in [5, 5.41) is 4.74. The zero-order valence-electron chi connectivity index (χ0n) is 15.3. The molecule has 0 amide bonds. The van der Waals surface area contributed by atoms with Gasteiger partial charge in [-0.15, -0.1) is 0 Å². The Morgan fingerprint density at radius 2 is 1.31 bits per heavy atom. The highest BCUT2D eigenvalue weighted by Crippen LogP contribution is 2.41. The maximum atomic E-state index is 6.10. The highest BCUT2D eigenvalue weighted by molar-refractivity contribution is 6.07. The zero-order chi connectivity index (χ0) is 18.1. The van der Waals surface area contributed by atoms with Crippen molar-refractivity contribution in [3.63, 3.8) is 0 Å². The summed E-state index contributed by atoms with van der Waals surface area (Å²) in [4.78, 5) is 0. The summed E-state index contributed by atoms with van der Waals surface area (Å²) in [7, 11) is 1.68. The lowest BCUT2D eigenvalue weighted by Gasteiger charge is -2.18. The maximum Gasteiger partial charge on any atom is 0.169 e. The molecule has 0 bridgehead atoms. The summed E-state index contributed by atoms with van der Waals surface area (Å²) >= 11 is 0. The SMILES string of the molecule is COc1ccc2c(-c3cccc4ccccc34)cccc2c1OC(C)C. The van der Waals surface area contributed by atoms with Crippen LogP contribution in [-0.2, 0) is 0 Å². The molecule has 0 aliphatic heterocycles. The first-order valence-electron chi connectivity index (χ1n) is 8.93. The Labute approximate surface area is 154 Å². The van der Waals surface area contributed by atoms with Gasteiger partial charge in [0.1, 0.15) is 0 Å². The van der Waals surface area contributed by atoms with Crippen molar-refractivity contribution in [1.82, 2.24) is 0 Å². The second-order valence-electron chi connectivity index (χ2n) is 6.69. The van der Waals surface area contributed by atoms with Crippen LogP contribution < -0.4 is 9.47 Å². The lowest BCUT2D eigenvalue weighted by molar-refractivity contribution is 0.233. The fourth-order valence-corrected chi connectivity index (χ4v) is 3.52. The third-order valence-electron chi connectivity index (χ3n) is 4.63. The Kier molecular flexibility index (Phi) is 4.26. The standard InChI is InChI=1S/C24H22O2/c1-16(2)26-24-22-13-7-12-20(21(22)14-15-23(24)25-3)19-11-6-9-17-8-4-5-10-18(17)19/h4-16H,1-3H3. The lowest BCUT2D eigenvalue weighted by Crippen LogP contribution is -2.07. The summed E-state index contributed by atoms with van der Waals surface area (Å²) in [5.74, 6) is 1.57. The Morgan fingerprint density at radius 1 is 0.654 bits per heavy atom. The second-order valence-corrected chi connectivity index (χ2v) is 6.69. The minimum absolute atomic E-state index is 0.0794. The summed E-state index contributed by atoms with van der Waals surface area (Å²) in [6, 6.07) is 25.4. The molecule has 0 N–H and O–H groups in total. The molecule has 0 radical (unpaired) electrons. The number of ether oxygens (including phenoxy) is 2. The van der Waals surface area contributed by atoms with Crippen molar-refractivity contribution in [3.8, 4) is 22.6 Å². The van der Waals surface area contributed by atoms with Crippen LogP contribution in [0.25, 0.3) is 32.7 Å². The largest absolute Gasteiger partial charge is 0.493 e. The molecule has 2 heteroatoms. The molecule has 0 spiro atoms. The fourth-order valence-electron chi connectivity index (χ4n) is 3.52. The lowest BCUT2D eigenvalue weighted by atomic mass is 9.93. The average molecular weight is 342 g/mol. The summed E-state index contributed by atoms with van der Waals surface area (Å²) < 4.78 is 11.6. The predicted octanol–water partition coefficient (Wildman–Crippen LogP) is 6.46. The minimum Gasteiger partial charge on any atom is -0.493 e. The van der Waals surface area contributed by atoms with Gasteiger partial charge < -0.3 is 9.47 Å². The average Bonchev–Trinajstić information content (AvgIpc) is 2.67. The Bertz CT molecular complexity index is 1070. The van der Waals surface area contributed by atoms with Crippen LogP contribution >= 0.6 is 0 Å². The zero-order valence-corrected chi connectivity index (χ0v) is 15.3. The van der Waals surface area contributed by atoms with Crippen LogP contribution in [0.1, 0.15) is 13.8 Å². The molecule has 0 heterocycles. The number of hydrogen-bond donors (Lipinski definition) is 0. The number of benzene rings is 4. The maximum absolute atomic E-state index is 6.10. The van der Waals surface area contributed by atoms with Gasteiger partial charge in [0.25, 0.3) is 0 Å². The van der Waals surface area contributed by atoms with Gasteiger partial charge in [0.05, 0.1) is 13.2 Å². The van der Waals surface area contributed by atoms with Crippen molar-refractivity contribution < 1.29 is 9.47 Å². The minimum atomic E-state index is 0.0794. The third kappa shape index (κ3) is 2.78. The highest BCUT2D eigenvalue weighted by Gasteiger charge is 2.15. The topological polar surface area (TPSA) is 18.5 Å². The molecule has 130 valence electrons. The van der Waals surface area contributed by atoms with Crippen LogP contribution in [-0.4, -0.2) is 13.2 Å². The molecule has 4 aromatic rings. The molecule has 0 saturated heterocycles. The third-order valence-corrected chi connectivity index (χ3v) is 4.63. The molecule has 0 unspecified atom stereocenters. The van der Waals surface area contributed by atoms with Gasteiger partial charge >= 0.3 is 0 Å². The number of methoxy groups -OCH3 is 1. The smallest absolute Gasteiger partial charge is 0.169 e. The van der Waals surface area contributed by atoms with Crippen LogP contribution in [0.5, 0.6) is 11.5 Å². The van der Waals surface area contributed by atoms with Crippen LogP contribution in [0.15, 0.2) is 72.8 Å². The van der Waals surface area contributed by atoms with Gasteiger partial charge in [-0.25, -0.2) is 0 Å². The highest BCUT2D eigenvalue weighted by atomic mass is 16.5. The molecule has 2 nitrogen and oxygen atoms in total. The number of hydrogen-bond acceptors (Lipinski definition) is 2. The monoisotopic (exact) mass is 342 g/mol. The van der Waals surface area contributed by atoms with E-state index in [2.05, 4.69) is 66.7 Å². The van der Waals surface area contributed by atoms with E-state index < -0.39 is 0 Å². The van der Waals surface area contributed by atoms with Gasteiger partial charge in [-0.3, -0.25) is 0 Å². The molecule has 0 aliphatic carbocycles.